The maximum Gasteiger partial charge on any atom is 0.258 e. The first-order valence-corrected chi connectivity index (χ1v) is 6.78. The Balaban J connectivity index is 1.90. The van der Waals surface area contributed by atoms with Gasteiger partial charge in [-0.3, -0.25) is 4.79 Å². The summed E-state index contributed by atoms with van der Waals surface area (Å²) in [7, 11) is 0. The topological polar surface area (TPSA) is 74.0 Å². The molecule has 1 fully saturated rings. The van der Waals surface area contributed by atoms with Crippen molar-refractivity contribution in [3.8, 4) is 11.5 Å². The van der Waals surface area contributed by atoms with Crippen LogP contribution in [-0.4, -0.2) is 56.4 Å². The Bertz CT molecular complexity index is 506. The summed E-state index contributed by atoms with van der Waals surface area (Å²) in [5.41, 5.74) is 6.25. The van der Waals surface area contributed by atoms with E-state index in [4.69, 9.17) is 19.9 Å². The van der Waals surface area contributed by atoms with Crippen molar-refractivity contribution in [2.45, 2.75) is 6.04 Å². The molecule has 2 N–H and O–H groups in total. The third-order valence-corrected chi connectivity index (χ3v) is 3.56. The molecule has 0 aliphatic carbocycles. The highest BCUT2D eigenvalue weighted by molar-refractivity contribution is 5.98. The lowest BCUT2D eigenvalue weighted by molar-refractivity contribution is 0.000519. The standard InChI is InChI=1S/C14H18N2O4/c15-8-10-9-18-5-4-16(10)14(17)11-2-1-3-12-13(11)20-7-6-19-12/h1-3,10H,4-9,15H2. The fourth-order valence-electron chi connectivity index (χ4n) is 2.51. The predicted molar refractivity (Wildman–Crippen MR) is 72.1 cm³/mol. The number of nitrogens with zero attached hydrogens (tertiary/aromatic N) is 1. The van der Waals surface area contributed by atoms with Gasteiger partial charge in [-0.15, -0.1) is 0 Å². The molecule has 0 spiro atoms. The number of rotatable bonds is 2. The smallest absolute Gasteiger partial charge is 0.258 e. The molecule has 1 amide bonds. The van der Waals surface area contributed by atoms with Gasteiger partial charge in [-0.2, -0.15) is 0 Å². The van der Waals surface area contributed by atoms with Crippen LogP contribution in [0.4, 0.5) is 0 Å². The van der Waals surface area contributed by atoms with Crippen molar-refractivity contribution in [3.63, 3.8) is 0 Å². The Labute approximate surface area is 117 Å². The van der Waals surface area contributed by atoms with E-state index in [0.29, 0.717) is 56.6 Å². The molecule has 1 aromatic carbocycles. The largest absolute Gasteiger partial charge is 0.486 e. The van der Waals surface area contributed by atoms with Crippen LogP contribution in [0.15, 0.2) is 18.2 Å². The van der Waals surface area contributed by atoms with Crippen molar-refractivity contribution in [2.24, 2.45) is 5.73 Å². The molecule has 1 aromatic rings. The van der Waals surface area contributed by atoms with Gasteiger partial charge in [0.15, 0.2) is 11.5 Å². The summed E-state index contributed by atoms with van der Waals surface area (Å²) in [5, 5.41) is 0. The zero-order chi connectivity index (χ0) is 13.9. The molecule has 0 radical (unpaired) electrons. The van der Waals surface area contributed by atoms with E-state index >= 15 is 0 Å². The number of morpholine rings is 1. The van der Waals surface area contributed by atoms with Crippen molar-refractivity contribution in [3.05, 3.63) is 23.8 Å². The summed E-state index contributed by atoms with van der Waals surface area (Å²) in [4.78, 5) is 14.5. The quantitative estimate of drug-likeness (QED) is 0.840. The SMILES string of the molecule is NCC1COCCN1C(=O)c1cccc2c1OCCO2. The molecule has 0 saturated carbocycles. The highest BCUT2D eigenvalue weighted by atomic mass is 16.6. The lowest BCUT2D eigenvalue weighted by Gasteiger charge is -2.35. The fourth-order valence-corrected chi connectivity index (χ4v) is 2.51. The third-order valence-electron chi connectivity index (χ3n) is 3.56. The van der Waals surface area contributed by atoms with Gasteiger partial charge < -0.3 is 24.8 Å². The zero-order valence-electron chi connectivity index (χ0n) is 11.2. The van der Waals surface area contributed by atoms with Gasteiger partial charge in [0.05, 0.1) is 24.8 Å². The van der Waals surface area contributed by atoms with Crippen molar-refractivity contribution >= 4 is 5.91 Å². The molecule has 20 heavy (non-hydrogen) atoms. The monoisotopic (exact) mass is 278 g/mol. The summed E-state index contributed by atoms with van der Waals surface area (Å²) in [5.74, 6) is 1.08. The van der Waals surface area contributed by atoms with Gasteiger partial charge in [0.2, 0.25) is 0 Å². The minimum absolute atomic E-state index is 0.0777. The third kappa shape index (κ3) is 2.32. The van der Waals surface area contributed by atoms with Crippen LogP contribution in [0.1, 0.15) is 10.4 Å². The molecule has 1 unspecified atom stereocenters. The van der Waals surface area contributed by atoms with Crippen LogP contribution in [-0.2, 0) is 4.74 Å². The normalized spacial score (nSPS) is 21.6. The maximum absolute atomic E-state index is 12.7. The zero-order valence-corrected chi connectivity index (χ0v) is 11.2. The number of benzene rings is 1. The highest BCUT2D eigenvalue weighted by Gasteiger charge is 2.30. The van der Waals surface area contributed by atoms with Gasteiger partial charge in [-0.05, 0) is 12.1 Å². The molecule has 6 nitrogen and oxygen atoms in total. The van der Waals surface area contributed by atoms with Gasteiger partial charge in [0.25, 0.3) is 5.91 Å². The van der Waals surface area contributed by atoms with Crippen LogP contribution in [0.25, 0.3) is 0 Å². The van der Waals surface area contributed by atoms with Crippen molar-refractivity contribution < 1.29 is 19.0 Å². The number of carbonyl (C=O) groups excluding carboxylic acids is 1. The molecule has 3 rings (SSSR count). The molecule has 0 bridgehead atoms. The number of amides is 1. The molecule has 0 aromatic heterocycles. The molecule has 1 saturated heterocycles. The van der Waals surface area contributed by atoms with Crippen LogP contribution >= 0.6 is 0 Å². The molecule has 2 aliphatic rings. The Morgan fingerprint density at radius 2 is 2.15 bits per heavy atom. The highest BCUT2D eigenvalue weighted by Crippen LogP contribution is 2.34. The number of nitrogens with two attached hydrogens (primary N) is 1. The van der Waals surface area contributed by atoms with Gasteiger partial charge in [0, 0.05) is 13.1 Å². The van der Waals surface area contributed by atoms with Crippen LogP contribution in [0, 0.1) is 0 Å². The van der Waals surface area contributed by atoms with Crippen LogP contribution in [0.3, 0.4) is 0 Å². The van der Waals surface area contributed by atoms with E-state index in [0.717, 1.165) is 0 Å². The predicted octanol–water partition coefficient (Wildman–Crippen LogP) is 0.258. The minimum Gasteiger partial charge on any atom is -0.486 e. The summed E-state index contributed by atoms with van der Waals surface area (Å²) < 4.78 is 16.5. The number of para-hydroxylation sites is 1. The van der Waals surface area contributed by atoms with Crippen molar-refractivity contribution in [1.29, 1.82) is 0 Å². The Morgan fingerprint density at radius 1 is 1.30 bits per heavy atom. The average Bonchev–Trinajstić information content (AvgIpc) is 2.53. The van der Waals surface area contributed by atoms with Crippen LogP contribution in [0.5, 0.6) is 11.5 Å². The second-order valence-electron chi connectivity index (χ2n) is 4.79. The average molecular weight is 278 g/mol. The number of fused-ring (bicyclic) bond motifs is 1. The summed E-state index contributed by atoms with van der Waals surface area (Å²) in [6, 6.07) is 5.29. The number of ether oxygens (including phenoxy) is 3. The summed E-state index contributed by atoms with van der Waals surface area (Å²) in [6.45, 7) is 2.92. The molecular weight excluding hydrogens is 260 g/mol. The van der Waals surface area contributed by atoms with E-state index in [-0.39, 0.29) is 11.9 Å². The van der Waals surface area contributed by atoms with Gasteiger partial charge in [-0.25, -0.2) is 0 Å². The van der Waals surface area contributed by atoms with Crippen molar-refractivity contribution in [1.82, 2.24) is 4.90 Å². The first kappa shape index (κ1) is 13.2. The first-order chi connectivity index (χ1) is 9.81. The van der Waals surface area contributed by atoms with E-state index in [1.165, 1.54) is 0 Å². The molecule has 1 atom stereocenters. The number of hydrogen-bond donors (Lipinski definition) is 1. The Kier molecular flexibility index (Phi) is 3.75. The van der Waals surface area contributed by atoms with Crippen LogP contribution in [0.2, 0.25) is 0 Å². The molecule has 108 valence electrons. The van der Waals surface area contributed by atoms with E-state index in [1.807, 2.05) is 6.07 Å². The maximum atomic E-state index is 12.7. The van der Waals surface area contributed by atoms with Gasteiger partial charge in [-0.1, -0.05) is 6.07 Å². The molecule has 2 heterocycles. The number of carbonyl (C=O) groups is 1. The van der Waals surface area contributed by atoms with Gasteiger partial charge in [0.1, 0.15) is 13.2 Å². The number of hydrogen-bond acceptors (Lipinski definition) is 5. The van der Waals surface area contributed by atoms with E-state index in [1.54, 1.807) is 17.0 Å². The summed E-state index contributed by atoms with van der Waals surface area (Å²) in [6.07, 6.45) is 0. The van der Waals surface area contributed by atoms with Crippen molar-refractivity contribution in [2.75, 3.05) is 39.5 Å². The lowest BCUT2D eigenvalue weighted by Crippen LogP contribution is -2.52. The Morgan fingerprint density at radius 3 is 3.00 bits per heavy atom. The second-order valence-corrected chi connectivity index (χ2v) is 4.79. The van der Waals surface area contributed by atoms with Gasteiger partial charge >= 0.3 is 0 Å². The fraction of sp³-hybridized carbons (Fsp3) is 0.500. The molecule has 6 heteroatoms. The summed E-state index contributed by atoms with van der Waals surface area (Å²) >= 11 is 0. The Hall–Kier alpha value is -1.79. The van der Waals surface area contributed by atoms with E-state index in [2.05, 4.69) is 0 Å². The lowest BCUT2D eigenvalue weighted by atomic mass is 10.1. The minimum atomic E-state index is -0.0865. The van der Waals surface area contributed by atoms with E-state index in [9.17, 15) is 4.79 Å². The van der Waals surface area contributed by atoms with E-state index < -0.39 is 0 Å². The second kappa shape index (κ2) is 5.68. The molecular formula is C14H18N2O4. The molecule has 2 aliphatic heterocycles. The first-order valence-electron chi connectivity index (χ1n) is 6.78. The van der Waals surface area contributed by atoms with Crippen LogP contribution < -0.4 is 15.2 Å².